The van der Waals surface area contributed by atoms with Gasteiger partial charge in [-0.1, -0.05) is 12.1 Å². The van der Waals surface area contributed by atoms with Crippen LogP contribution in [0.4, 0.5) is 5.82 Å². The van der Waals surface area contributed by atoms with Gasteiger partial charge in [-0.15, -0.1) is 0 Å². The average Bonchev–Trinajstić information content (AvgIpc) is 2.84. The number of anilines is 1. The molecule has 0 amide bonds. The van der Waals surface area contributed by atoms with Crippen molar-refractivity contribution in [3.05, 3.63) is 30.5 Å². The van der Waals surface area contributed by atoms with E-state index in [1.165, 1.54) is 0 Å². The van der Waals surface area contributed by atoms with Gasteiger partial charge in [-0.05, 0) is 31.9 Å². The first-order valence-electron chi connectivity index (χ1n) is 6.35. The topological polar surface area (TPSA) is 47.0 Å². The minimum absolute atomic E-state index is 0.0622. The Balaban J connectivity index is 1.74. The van der Waals surface area contributed by atoms with Crippen LogP contribution in [0.2, 0.25) is 0 Å². The molecule has 1 aromatic heterocycles. The number of nitrogens with zero attached hydrogens (tertiary/aromatic N) is 2. The molecule has 4 heteroatoms. The van der Waals surface area contributed by atoms with E-state index in [-0.39, 0.29) is 5.60 Å². The summed E-state index contributed by atoms with van der Waals surface area (Å²) in [6, 6.07) is 7.88. The number of ether oxygens (including phenoxy) is 1. The maximum atomic E-state index is 5.74. The molecule has 4 nitrogen and oxygen atoms in total. The molecule has 0 radical (unpaired) electrons. The molecule has 1 N–H and O–H groups in total. The van der Waals surface area contributed by atoms with Crippen LogP contribution in [0.5, 0.6) is 0 Å². The lowest BCUT2D eigenvalue weighted by Gasteiger charge is -2.23. The number of hydrogen-bond acceptors (Lipinski definition) is 4. The third-order valence-corrected chi connectivity index (χ3v) is 3.39. The summed E-state index contributed by atoms with van der Waals surface area (Å²) in [6.07, 6.45) is 4.02. The summed E-state index contributed by atoms with van der Waals surface area (Å²) in [7, 11) is 0. The van der Waals surface area contributed by atoms with Crippen molar-refractivity contribution in [3.8, 4) is 0 Å². The molecule has 94 valence electrons. The summed E-state index contributed by atoms with van der Waals surface area (Å²) in [5, 5.41) is 3.32. The number of hydrogen-bond donors (Lipinski definition) is 1. The van der Waals surface area contributed by atoms with Gasteiger partial charge < -0.3 is 10.1 Å². The normalized spacial score (nSPS) is 23.4. The molecule has 2 aromatic rings. The highest BCUT2D eigenvalue weighted by Gasteiger charge is 2.29. The lowest BCUT2D eigenvalue weighted by atomic mass is 10.0. The highest BCUT2D eigenvalue weighted by molar-refractivity contribution is 5.75. The van der Waals surface area contributed by atoms with E-state index in [4.69, 9.17) is 4.74 Å². The SMILES string of the molecule is CC1(CNc2cnc3ccccc3n2)CCCO1. The second-order valence-electron chi connectivity index (χ2n) is 5.00. The molecule has 2 heterocycles. The van der Waals surface area contributed by atoms with Gasteiger partial charge in [-0.3, -0.25) is 4.98 Å². The monoisotopic (exact) mass is 243 g/mol. The molecule has 1 aliphatic heterocycles. The second kappa shape index (κ2) is 4.53. The molecule has 1 fully saturated rings. The summed E-state index contributed by atoms with van der Waals surface area (Å²) in [5.74, 6) is 0.811. The Labute approximate surface area is 106 Å². The Hall–Kier alpha value is -1.68. The zero-order valence-corrected chi connectivity index (χ0v) is 10.5. The van der Waals surface area contributed by atoms with Gasteiger partial charge in [0.25, 0.3) is 0 Å². The van der Waals surface area contributed by atoms with E-state index in [1.807, 2.05) is 24.3 Å². The molecule has 1 unspecified atom stereocenters. The van der Waals surface area contributed by atoms with E-state index in [2.05, 4.69) is 22.2 Å². The highest BCUT2D eigenvalue weighted by Crippen LogP contribution is 2.25. The Bertz CT molecular complexity index is 549. The zero-order chi connectivity index (χ0) is 12.4. The first kappa shape index (κ1) is 11.4. The van der Waals surface area contributed by atoms with Crippen molar-refractivity contribution in [2.75, 3.05) is 18.5 Å². The molecule has 0 saturated carbocycles. The fourth-order valence-electron chi connectivity index (χ4n) is 2.30. The molecule has 0 aliphatic carbocycles. The molecule has 1 atom stereocenters. The Kier molecular flexibility index (Phi) is 2.88. The van der Waals surface area contributed by atoms with Crippen LogP contribution < -0.4 is 5.32 Å². The Morgan fingerprint density at radius 2 is 2.17 bits per heavy atom. The summed E-state index contributed by atoms with van der Waals surface area (Å²) in [4.78, 5) is 8.92. The van der Waals surface area contributed by atoms with Crippen LogP contribution in [-0.4, -0.2) is 28.7 Å². The van der Waals surface area contributed by atoms with Crippen molar-refractivity contribution in [1.82, 2.24) is 9.97 Å². The van der Waals surface area contributed by atoms with E-state index in [0.717, 1.165) is 42.8 Å². The van der Waals surface area contributed by atoms with Crippen LogP contribution >= 0.6 is 0 Å². The first-order chi connectivity index (χ1) is 8.75. The molecular formula is C14H17N3O. The number of para-hydroxylation sites is 2. The molecule has 3 rings (SSSR count). The maximum Gasteiger partial charge on any atom is 0.145 e. The minimum atomic E-state index is -0.0622. The van der Waals surface area contributed by atoms with E-state index in [0.29, 0.717) is 0 Å². The van der Waals surface area contributed by atoms with Gasteiger partial charge in [0.15, 0.2) is 0 Å². The third-order valence-electron chi connectivity index (χ3n) is 3.39. The van der Waals surface area contributed by atoms with Crippen molar-refractivity contribution in [3.63, 3.8) is 0 Å². The number of aromatic nitrogens is 2. The summed E-state index contributed by atoms with van der Waals surface area (Å²) < 4.78 is 5.74. The lowest BCUT2D eigenvalue weighted by Crippen LogP contribution is -2.32. The highest BCUT2D eigenvalue weighted by atomic mass is 16.5. The quantitative estimate of drug-likeness (QED) is 0.900. The van der Waals surface area contributed by atoms with E-state index in [9.17, 15) is 0 Å². The van der Waals surface area contributed by atoms with Gasteiger partial charge in [-0.25, -0.2) is 4.98 Å². The van der Waals surface area contributed by atoms with Crippen LogP contribution in [-0.2, 0) is 4.74 Å². The van der Waals surface area contributed by atoms with Gasteiger partial charge in [0.1, 0.15) is 5.82 Å². The molecule has 1 aromatic carbocycles. The predicted octanol–water partition coefficient (Wildman–Crippen LogP) is 2.61. The van der Waals surface area contributed by atoms with Gasteiger partial charge in [0.05, 0.1) is 22.8 Å². The summed E-state index contributed by atoms with van der Waals surface area (Å²) >= 11 is 0. The van der Waals surface area contributed by atoms with E-state index in [1.54, 1.807) is 6.20 Å². The summed E-state index contributed by atoms with van der Waals surface area (Å²) in [6.45, 7) is 3.78. The molecule has 0 spiro atoms. The third kappa shape index (κ3) is 2.29. The number of nitrogens with one attached hydrogen (secondary N) is 1. The average molecular weight is 243 g/mol. The van der Waals surface area contributed by atoms with Crippen LogP contribution in [0.3, 0.4) is 0 Å². The lowest BCUT2D eigenvalue weighted by molar-refractivity contribution is 0.0315. The fourth-order valence-corrected chi connectivity index (χ4v) is 2.30. The molecule has 0 bridgehead atoms. The van der Waals surface area contributed by atoms with Crippen molar-refractivity contribution in [2.24, 2.45) is 0 Å². The Morgan fingerprint density at radius 3 is 2.94 bits per heavy atom. The minimum Gasteiger partial charge on any atom is -0.373 e. The van der Waals surface area contributed by atoms with Crippen LogP contribution in [0.25, 0.3) is 11.0 Å². The zero-order valence-electron chi connectivity index (χ0n) is 10.5. The standard InChI is InChI=1S/C14H17N3O/c1-14(7-4-8-18-14)10-16-13-9-15-11-5-2-3-6-12(11)17-13/h2-3,5-6,9H,4,7-8,10H2,1H3,(H,16,17). The van der Waals surface area contributed by atoms with Crippen molar-refractivity contribution in [1.29, 1.82) is 0 Å². The smallest absolute Gasteiger partial charge is 0.145 e. The second-order valence-corrected chi connectivity index (χ2v) is 5.00. The number of benzene rings is 1. The molecule has 18 heavy (non-hydrogen) atoms. The van der Waals surface area contributed by atoms with Crippen LogP contribution in [0.15, 0.2) is 30.5 Å². The van der Waals surface area contributed by atoms with Gasteiger partial charge in [-0.2, -0.15) is 0 Å². The van der Waals surface area contributed by atoms with Crippen LogP contribution in [0.1, 0.15) is 19.8 Å². The fraction of sp³-hybridized carbons (Fsp3) is 0.429. The van der Waals surface area contributed by atoms with Crippen molar-refractivity contribution < 1.29 is 4.74 Å². The predicted molar refractivity (Wildman–Crippen MR) is 71.6 cm³/mol. The molecular weight excluding hydrogens is 226 g/mol. The van der Waals surface area contributed by atoms with E-state index >= 15 is 0 Å². The molecule has 1 saturated heterocycles. The van der Waals surface area contributed by atoms with Crippen LogP contribution in [0, 0.1) is 0 Å². The largest absolute Gasteiger partial charge is 0.373 e. The Morgan fingerprint density at radius 1 is 1.33 bits per heavy atom. The molecule has 1 aliphatic rings. The maximum absolute atomic E-state index is 5.74. The van der Waals surface area contributed by atoms with Gasteiger partial charge >= 0.3 is 0 Å². The van der Waals surface area contributed by atoms with Crippen molar-refractivity contribution >= 4 is 16.9 Å². The van der Waals surface area contributed by atoms with Gasteiger partial charge in [0, 0.05) is 13.2 Å². The number of fused-ring (bicyclic) bond motifs is 1. The van der Waals surface area contributed by atoms with E-state index < -0.39 is 0 Å². The van der Waals surface area contributed by atoms with Crippen molar-refractivity contribution in [2.45, 2.75) is 25.4 Å². The number of rotatable bonds is 3. The summed E-state index contributed by atoms with van der Waals surface area (Å²) in [5.41, 5.74) is 1.78. The first-order valence-corrected chi connectivity index (χ1v) is 6.35. The van der Waals surface area contributed by atoms with Gasteiger partial charge in [0.2, 0.25) is 0 Å².